The second-order valence-electron chi connectivity index (χ2n) is 4.31. The number of ether oxygens (including phenoxy) is 2. The Morgan fingerprint density at radius 2 is 2.11 bits per heavy atom. The summed E-state index contributed by atoms with van der Waals surface area (Å²) >= 11 is 0. The van der Waals surface area contributed by atoms with Crippen LogP contribution in [0.3, 0.4) is 0 Å². The molecule has 0 aromatic heterocycles. The molecule has 0 aromatic rings. The fourth-order valence-electron chi connectivity index (χ4n) is 1.88. The number of carbonyl (C=O) groups is 2. The third-order valence-electron chi connectivity index (χ3n) is 2.85. The smallest absolute Gasteiger partial charge is 0.305 e. The predicted molar refractivity (Wildman–Crippen MR) is 65.7 cm³/mol. The number of aliphatic hydroxyl groups excluding tert-OH is 1. The third-order valence-corrected chi connectivity index (χ3v) is 2.85. The molecule has 110 valence electrons. The summed E-state index contributed by atoms with van der Waals surface area (Å²) in [6, 6.07) is 0. The van der Waals surface area contributed by atoms with Crippen LogP contribution in [0.5, 0.6) is 0 Å². The monoisotopic (exact) mass is 275 g/mol. The average Bonchev–Trinajstić information content (AvgIpc) is 2.90. The fourth-order valence-corrected chi connectivity index (χ4v) is 1.88. The molecule has 1 amide bonds. The van der Waals surface area contributed by atoms with E-state index in [9.17, 15) is 9.59 Å². The second kappa shape index (κ2) is 8.84. The summed E-state index contributed by atoms with van der Waals surface area (Å²) in [6.45, 7) is 1.45. The topological polar surface area (TPSA) is 96.3 Å². The zero-order chi connectivity index (χ0) is 14.1. The largest absolute Gasteiger partial charge is 0.481 e. The summed E-state index contributed by atoms with van der Waals surface area (Å²) in [7, 11) is 0. The van der Waals surface area contributed by atoms with Crippen molar-refractivity contribution in [3.05, 3.63) is 0 Å². The Hall–Kier alpha value is -1.18. The molecule has 1 rings (SSSR count). The molecule has 0 saturated carbocycles. The predicted octanol–water partition coefficient (Wildman–Crippen LogP) is -0.522. The van der Waals surface area contributed by atoms with Crippen LogP contribution in [-0.4, -0.2) is 72.6 Å². The minimum absolute atomic E-state index is 0.0746. The SMILES string of the molecule is O=C(O)CCN(CCOCCO)C(=O)C1CCCO1. The number of aliphatic carboxylic acids is 1. The number of carboxylic acid groups (broad SMARTS) is 1. The molecule has 0 spiro atoms. The van der Waals surface area contributed by atoms with Crippen LogP contribution in [0.2, 0.25) is 0 Å². The van der Waals surface area contributed by atoms with E-state index in [1.54, 1.807) is 0 Å². The van der Waals surface area contributed by atoms with Crippen molar-refractivity contribution < 1.29 is 29.3 Å². The summed E-state index contributed by atoms with van der Waals surface area (Å²) < 4.78 is 10.4. The lowest BCUT2D eigenvalue weighted by molar-refractivity contribution is -0.143. The van der Waals surface area contributed by atoms with Crippen LogP contribution in [-0.2, 0) is 19.1 Å². The van der Waals surface area contributed by atoms with E-state index < -0.39 is 12.1 Å². The Bertz CT molecular complexity index is 290. The Morgan fingerprint density at radius 3 is 2.68 bits per heavy atom. The number of nitrogens with zero attached hydrogens (tertiary/aromatic N) is 1. The molecule has 7 heteroatoms. The highest BCUT2D eigenvalue weighted by Gasteiger charge is 2.28. The summed E-state index contributed by atoms with van der Waals surface area (Å²) in [5, 5.41) is 17.3. The molecule has 0 radical (unpaired) electrons. The summed E-state index contributed by atoms with van der Waals surface area (Å²) in [4.78, 5) is 24.2. The molecule has 1 fully saturated rings. The van der Waals surface area contributed by atoms with E-state index in [0.717, 1.165) is 6.42 Å². The van der Waals surface area contributed by atoms with E-state index in [-0.39, 0.29) is 38.7 Å². The maximum atomic E-state index is 12.1. The molecule has 19 heavy (non-hydrogen) atoms. The van der Waals surface area contributed by atoms with Gasteiger partial charge in [0.05, 0.1) is 26.2 Å². The molecule has 0 aliphatic carbocycles. The molecule has 2 N–H and O–H groups in total. The van der Waals surface area contributed by atoms with E-state index >= 15 is 0 Å². The van der Waals surface area contributed by atoms with Gasteiger partial charge in [-0.2, -0.15) is 0 Å². The van der Waals surface area contributed by atoms with Gasteiger partial charge in [-0.05, 0) is 12.8 Å². The zero-order valence-electron chi connectivity index (χ0n) is 10.9. The number of rotatable bonds is 9. The number of carbonyl (C=O) groups excluding carboxylic acids is 1. The lowest BCUT2D eigenvalue weighted by Gasteiger charge is -2.24. The Kier molecular flexibility index (Phi) is 7.39. The van der Waals surface area contributed by atoms with Crippen LogP contribution in [0.4, 0.5) is 0 Å². The summed E-state index contributed by atoms with van der Waals surface area (Å²) in [5.41, 5.74) is 0. The fraction of sp³-hybridized carbons (Fsp3) is 0.833. The van der Waals surface area contributed by atoms with Gasteiger partial charge in [0.2, 0.25) is 0 Å². The first-order valence-electron chi connectivity index (χ1n) is 6.46. The maximum Gasteiger partial charge on any atom is 0.305 e. The van der Waals surface area contributed by atoms with Crippen molar-refractivity contribution in [1.29, 1.82) is 0 Å². The molecular weight excluding hydrogens is 254 g/mol. The molecule has 0 aromatic carbocycles. The highest BCUT2D eigenvalue weighted by Crippen LogP contribution is 2.15. The molecule has 1 aliphatic rings. The van der Waals surface area contributed by atoms with Gasteiger partial charge in [-0.25, -0.2) is 0 Å². The minimum atomic E-state index is -0.943. The van der Waals surface area contributed by atoms with Crippen molar-refractivity contribution in [2.75, 3.05) is 39.5 Å². The normalized spacial score (nSPS) is 18.5. The number of hydrogen-bond donors (Lipinski definition) is 2. The van der Waals surface area contributed by atoms with Crippen molar-refractivity contribution in [1.82, 2.24) is 4.90 Å². The van der Waals surface area contributed by atoms with Gasteiger partial charge >= 0.3 is 5.97 Å². The van der Waals surface area contributed by atoms with Gasteiger partial charge < -0.3 is 24.6 Å². The Balaban J connectivity index is 2.42. The summed E-state index contributed by atoms with van der Waals surface area (Å²) in [6.07, 6.45) is 0.981. The van der Waals surface area contributed by atoms with Gasteiger partial charge in [0.1, 0.15) is 6.10 Å². The zero-order valence-corrected chi connectivity index (χ0v) is 10.9. The maximum absolute atomic E-state index is 12.1. The van der Waals surface area contributed by atoms with Crippen LogP contribution >= 0.6 is 0 Å². The Labute approximate surface area is 112 Å². The highest BCUT2D eigenvalue weighted by atomic mass is 16.5. The van der Waals surface area contributed by atoms with Crippen molar-refractivity contribution in [2.45, 2.75) is 25.4 Å². The van der Waals surface area contributed by atoms with E-state index in [2.05, 4.69) is 0 Å². The van der Waals surface area contributed by atoms with Crippen molar-refractivity contribution in [3.8, 4) is 0 Å². The summed E-state index contributed by atoms with van der Waals surface area (Å²) in [5.74, 6) is -1.12. The van der Waals surface area contributed by atoms with E-state index in [4.69, 9.17) is 19.7 Å². The van der Waals surface area contributed by atoms with Crippen LogP contribution < -0.4 is 0 Å². The molecular formula is C12H21NO6. The van der Waals surface area contributed by atoms with Crippen LogP contribution in [0.25, 0.3) is 0 Å². The highest BCUT2D eigenvalue weighted by molar-refractivity contribution is 5.81. The lowest BCUT2D eigenvalue weighted by atomic mass is 10.2. The van der Waals surface area contributed by atoms with Crippen molar-refractivity contribution >= 4 is 11.9 Å². The van der Waals surface area contributed by atoms with Gasteiger partial charge in [-0.3, -0.25) is 9.59 Å². The van der Waals surface area contributed by atoms with Gasteiger partial charge in [-0.1, -0.05) is 0 Å². The molecule has 0 bridgehead atoms. The van der Waals surface area contributed by atoms with Gasteiger partial charge in [-0.15, -0.1) is 0 Å². The van der Waals surface area contributed by atoms with Gasteiger partial charge in [0, 0.05) is 19.7 Å². The molecule has 1 saturated heterocycles. The number of aliphatic hydroxyl groups is 1. The minimum Gasteiger partial charge on any atom is -0.481 e. The standard InChI is InChI=1S/C12H21NO6/c14-6-9-18-8-5-13(4-3-11(15)16)12(17)10-2-1-7-19-10/h10,14H,1-9H2,(H,15,16). The molecule has 1 unspecified atom stereocenters. The molecule has 1 heterocycles. The van der Waals surface area contributed by atoms with Gasteiger partial charge in [0.15, 0.2) is 0 Å². The number of amides is 1. The van der Waals surface area contributed by atoms with E-state index in [0.29, 0.717) is 19.6 Å². The van der Waals surface area contributed by atoms with Gasteiger partial charge in [0.25, 0.3) is 5.91 Å². The first-order chi connectivity index (χ1) is 9.15. The quantitative estimate of drug-likeness (QED) is 0.550. The Morgan fingerprint density at radius 1 is 1.32 bits per heavy atom. The number of hydrogen-bond acceptors (Lipinski definition) is 5. The van der Waals surface area contributed by atoms with E-state index in [1.807, 2.05) is 0 Å². The molecule has 7 nitrogen and oxygen atoms in total. The third kappa shape index (κ3) is 6.00. The van der Waals surface area contributed by atoms with Crippen molar-refractivity contribution in [3.63, 3.8) is 0 Å². The molecule has 1 aliphatic heterocycles. The number of carboxylic acids is 1. The van der Waals surface area contributed by atoms with Crippen LogP contribution in [0, 0.1) is 0 Å². The van der Waals surface area contributed by atoms with E-state index in [1.165, 1.54) is 4.90 Å². The second-order valence-corrected chi connectivity index (χ2v) is 4.31. The first kappa shape index (κ1) is 15.9. The lowest BCUT2D eigenvalue weighted by Crippen LogP contribution is -2.42. The van der Waals surface area contributed by atoms with Crippen LogP contribution in [0.1, 0.15) is 19.3 Å². The average molecular weight is 275 g/mol. The molecule has 1 atom stereocenters. The van der Waals surface area contributed by atoms with Crippen LogP contribution in [0.15, 0.2) is 0 Å². The first-order valence-corrected chi connectivity index (χ1v) is 6.46. The van der Waals surface area contributed by atoms with Crippen molar-refractivity contribution in [2.24, 2.45) is 0 Å².